The zero-order valence-electron chi connectivity index (χ0n) is 17.9. The Labute approximate surface area is 179 Å². The normalized spacial score (nSPS) is 19.2. The van der Waals surface area contributed by atoms with Crippen LogP contribution in [0.4, 0.5) is 0 Å². The van der Waals surface area contributed by atoms with E-state index in [1.807, 2.05) is 37.3 Å². The van der Waals surface area contributed by atoms with E-state index in [1.54, 1.807) is 14.0 Å². The van der Waals surface area contributed by atoms with Crippen LogP contribution >= 0.6 is 0 Å². The van der Waals surface area contributed by atoms with Crippen LogP contribution in [0.1, 0.15) is 48.9 Å². The predicted octanol–water partition coefficient (Wildman–Crippen LogP) is 4.03. The Morgan fingerprint density at radius 2 is 1.94 bits per heavy atom. The largest absolute Gasteiger partial charge is 0.420 e. The van der Waals surface area contributed by atoms with Gasteiger partial charge >= 0.3 is 0 Å². The van der Waals surface area contributed by atoms with E-state index >= 15 is 0 Å². The number of rotatable bonds is 4. The lowest BCUT2D eigenvalue weighted by Crippen LogP contribution is -2.20. The Bertz CT molecular complexity index is 1290. The summed E-state index contributed by atoms with van der Waals surface area (Å²) in [4.78, 5) is 18.1. The minimum atomic E-state index is -0.249. The van der Waals surface area contributed by atoms with Gasteiger partial charge in [-0.15, -0.1) is 10.2 Å². The molecule has 2 atom stereocenters. The van der Waals surface area contributed by atoms with E-state index in [2.05, 4.69) is 15.3 Å². The number of H-pyrrole nitrogens is 1. The summed E-state index contributed by atoms with van der Waals surface area (Å²) >= 11 is 0. The van der Waals surface area contributed by atoms with E-state index in [4.69, 9.17) is 14.1 Å². The molecule has 3 aromatic heterocycles. The summed E-state index contributed by atoms with van der Waals surface area (Å²) in [6.07, 6.45) is 4.14. The van der Waals surface area contributed by atoms with Crippen LogP contribution in [0.2, 0.25) is 0 Å². The van der Waals surface area contributed by atoms with Crippen LogP contribution in [0, 0.1) is 13.8 Å². The van der Waals surface area contributed by atoms with Crippen molar-refractivity contribution < 1.29 is 9.15 Å². The molecule has 0 spiro atoms. The van der Waals surface area contributed by atoms with Crippen LogP contribution in [-0.2, 0) is 4.74 Å². The average molecular weight is 419 g/mol. The van der Waals surface area contributed by atoms with Crippen molar-refractivity contribution in [3.05, 3.63) is 58.0 Å². The summed E-state index contributed by atoms with van der Waals surface area (Å²) < 4.78 is 13.0. The van der Waals surface area contributed by atoms with Gasteiger partial charge in [0.15, 0.2) is 5.65 Å². The van der Waals surface area contributed by atoms with E-state index in [-0.39, 0.29) is 23.5 Å². The minimum Gasteiger partial charge on any atom is -0.420 e. The summed E-state index contributed by atoms with van der Waals surface area (Å²) in [5.41, 5.74) is 4.01. The second-order valence-electron chi connectivity index (χ2n) is 8.18. The lowest BCUT2D eigenvalue weighted by atomic mass is 9.87. The van der Waals surface area contributed by atoms with Crippen LogP contribution in [0.3, 0.4) is 0 Å². The van der Waals surface area contributed by atoms with Crippen LogP contribution < -0.4 is 5.56 Å². The number of methoxy groups -OCH3 is 1. The Balaban J connectivity index is 1.58. The van der Waals surface area contributed by atoms with Gasteiger partial charge in [-0.25, -0.2) is 9.50 Å². The smallest absolute Gasteiger partial charge is 0.285 e. The molecule has 0 radical (unpaired) electrons. The molecule has 8 nitrogen and oxygen atoms in total. The molecule has 1 aliphatic carbocycles. The Kier molecular flexibility index (Phi) is 4.94. The van der Waals surface area contributed by atoms with E-state index in [0.717, 1.165) is 42.5 Å². The third kappa shape index (κ3) is 3.37. The summed E-state index contributed by atoms with van der Waals surface area (Å²) in [7, 11) is 1.74. The highest BCUT2D eigenvalue weighted by Gasteiger charge is 2.29. The molecule has 5 rings (SSSR count). The maximum atomic E-state index is 13.4. The van der Waals surface area contributed by atoms with Gasteiger partial charge in [-0.2, -0.15) is 0 Å². The highest BCUT2D eigenvalue weighted by Crippen LogP contribution is 2.34. The standard InChI is InChI=1S/C23H25N5O3/c1-13-19(22-26-25-21(31-22)16-10-7-11-17(12-16)30-3)23(29)28-20(24-13)18(14(2)27-28)15-8-5-4-6-9-15/h4-6,8-9,16-17,27H,7,10-12H2,1-3H3. The average Bonchev–Trinajstić information content (AvgIpc) is 3.39. The molecule has 3 heterocycles. The fourth-order valence-corrected chi connectivity index (χ4v) is 4.57. The van der Waals surface area contributed by atoms with Gasteiger partial charge in [0.1, 0.15) is 5.56 Å². The van der Waals surface area contributed by atoms with Gasteiger partial charge in [-0.1, -0.05) is 36.8 Å². The number of aromatic nitrogens is 5. The van der Waals surface area contributed by atoms with Crippen LogP contribution in [0.5, 0.6) is 0 Å². The minimum absolute atomic E-state index is 0.150. The molecule has 1 saturated carbocycles. The van der Waals surface area contributed by atoms with Gasteiger partial charge in [0.25, 0.3) is 11.4 Å². The molecule has 0 saturated heterocycles. The maximum absolute atomic E-state index is 13.4. The van der Waals surface area contributed by atoms with Crippen molar-refractivity contribution in [1.82, 2.24) is 24.8 Å². The van der Waals surface area contributed by atoms with Crippen molar-refractivity contribution in [3.63, 3.8) is 0 Å². The molecule has 0 bridgehead atoms. The van der Waals surface area contributed by atoms with E-state index in [9.17, 15) is 4.79 Å². The summed E-state index contributed by atoms with van der Waals surface area (Å²) in [5.74, 6) is 0.929. The molecule has 1 aromatic carbocycles. The number of fused-ring (bicyclic) bond motifs is 1. The van der Waals surface area contributed by atoms with Crippen molar-refractivity contribution in [3.8, 4) is 22.6 Å². The molecule has 1 fully saturated rings. The third-order valence-corrected chi connectivity index (χ3v) is 6.17. The van der Waals surface area contributed by atoms with Crippen molar-refractivity contribution >= 4 is 5.65 Å². The van der Waals surface area contributed by atoms with Crippen LogP contribution in [0.15, 0.2) is 39.5 Å². The van der Waals surface area contributed by atoms with Gasteiger partial charge < -0.3 is 9.15 Å². The Hall–Kier alpha value is -3.26. The zero-order chi connectivity index (χ0) is 21.5. The number of benzene rings is 1. The quantitative estimate of drug-likeness (QED) is 0.536. The Morgan fingerprint density at radius 1 is 1.13 bits per heavy atom. The lowest BCUT2D eigenvalue weighted by Gasteiger charge is -2.25. The number of aromatic amines is 1. The number of hydrogen-bond donors (Lipinski definition) is 1. The number of aryl methyl sites for hydroxylation is 2. The van der Waals surface area contributed by atoms with Crippen molar-refractivity contribution in [2.24, 2.45) is 0 Å². The molecule has 0 amide bonds. The van der Waals surface area contributed by atoms with E-state index in [0.29, 0.717) is 22.8 Å². The second-order valence-corrected chi connectivity index (χ2v) is 8.18. The van der Waals surface area contributed by atoms with E-state index in [1.165, 1.54) is 4.52 Å². The first-order valence-electron chi connectivity index (χ1n) is 10.6. The van der Waals surface area contributed by atoms with Crippen molar-refractivity contribution in [1.29, 1.82) is 0 Å². The lowest BCUT2D eigenvalue weighted by molar-refractivity contribution is 0.0599. The van der Waals surface area contributed by atoms with Crippen molar-refractivity contribution in [2.45, 2.75) is 51.6 Å². The number of nitrogens with zero attached hydrogens (tertiary/aromatic N) is 4. The Morgan fingerprint density at radius 3 is 2.71 bits per heavy atom. The van der Waals surface area contributed by atoms with Gasteiger partial charge in [-0.05, 0) is 38.7 Å². The highest BCUT2D eigenvalue weighted by atomic mass is 16.5. The first-order chi connectivity index (χ1) is 15.1. The molecule has 2 unspecified atom stereocenters. The number of ether oxygens (including phenoxy) is 1. The molecule has 1 aliphatic rings. The van der Waals surface area contributed by atoms with Gasteiger partial charge in [-0.3, -0.25) is 9.89 Å². The summed E-state index contributed by atoms with van der Waals surface area (Å²) in [6, 6.07) is 9.92. The molecular formula is C23H25N5O3. The monoisotopic (exact) mass is 419 g/mol. The molecule has 8 heteroatoms. The fraction of sp³-hybridized carbons (Fsp3) is 0.391. The first kappa shape index (κ1) is 19.7. The maximum Gasteiger partial charge on any atom is 0.285 e. The van der Waals surface area contributed by atoms with Gasteiger partial charge in [0.2, 0.25) is 5.89 Å². The third-order valence-electron chi connectivity index (χ3n) is 6.17. The molecule has 1 N–H and O–H groups in total. The van der Waals surface area contributed by atoms with Gasteiger partial charge in [0.05, 0.1) is 11.8 Å². The first-order valence-corrected chi connectivity index (χ1v) is 10.6. The number of hydrogen-bond acceptors (Lipinski definition) is 6. The molecule has 160 valence electrons. The predicted molar refractivity (Wildman–Crippen MR) is 116 cm³/mol. The molecule has 0 aliphatic heterocycles. The zero-order valence-corrected chi connectivity index (χ0v) is 17.9. The van der Waals surface area contributed by atoms with E-state index < -0.39 is 0 Å². The second kappa shape index (κ2) is 7.77. The summed E-state index contributed by atoms with van der Waals surface area (Å²) in [6.45, 7) is 3.74. The van der Waals surface area contributed by atoms with Crippen LogP contribution in [0.25, 0.3) is 28.2 Å². The number of nitrogens with one attached hydrogen (secondary N) is 1. The summed E-state index contributed by atoms with van der Waals surface area (Å²) in [5, 5.41) is 11.6. The molecular weight excluding hydrogens is 394 g/mol. The van der Waals surface area contributed by atoms with Gasteiger partial charge in [0, 0.05) is 24.3 Å². The topological polar surface area (TPSA) is 98.3 Å². The highest BCUT2D eigenvalue weighted by molar-refractivity contribution is 5.80. The fourth-order valence-electron chi connectivity index (χ4n) is 4.57. The SMILES string of the molecule is COC1CCCC(c2nnc(-c3c(C)nc4c(-c5ccccc5)c(C)[nH]n4c3=O)o2)C1. The van der Waals surface area contributed by atoms with Crippen LogP contribution in [-0.4, -0.2) is 38.0 Å². The van der Waals surface area contributed by atoms with Crippen molar-refractivity contribution in [2.75, 3.05) is 7.11 Å². The molecule has 4 aromatic rings. The molecule has 31 heavy (non-hydrogen) atoms.